The Morgan fingerprint density at radius 3 is 2.83 bits per heavy atom. The highest BCUT2D eigenvalue weighted by molar-refractivity contribution is 6.41. The predicted molar refractivity (Wildman–Crippen MR) is 89.5 cm³/mol. The number of nitrogens with zero attached hydrogens (tertiary/aromatic N) is 3. The normalized spacial score (nSPS) is 10.8. The van der Waals surface area contributed by atoms with Gasteiger partial charge < -0.3 is 10.3 Å². The lowest BCUT2D eigenvalue weighted by molar-refractivity contribution is -0.117. The molecule has 0 saturated heterocycles. The zero-order valence-electron chi connectivity index (χ0n) is 11.9. The summed E-state index contributed by atoms with van der Waals surface area (Å²) in [5, 5.41) is 6.19. The van der Waals surface area contributed by atoms with Gasteiger partial charge in [-0.05, 0) is 18.2 Å². The third kappa shape index (κ3) is 3.29. The van der Waals surface area contributed by atoms with E-state index in [1.807, 2.05) is 0 Å². The van der Waals surface area contributed by atoms with Crippen LogP contribution in [-0.2, 0) is 11.3 Å². The topological polar surface area (TPSA) is 110 Å². The molecule has 0 bridgehead atoms. The number of rotatable bonds is 3. The van der Waals surface area contributed by atoms with Crippen LogP contribution in [0, 0.1) is 0 Å². The summed E-state index contributed by atoms with van der Waals surface area (Å²) in [6.07, 6.45) is 2.34. The minimum absolute atomic E-state index is 0.0212. The van der Waals surface area contributed by atoms with E-state index < -0.39 is 11.5 Å². The lowest BCUT2D eigenvalue weighted by Crippen LogP contribution is -2.29. The molecule has 0 spiro atoms. The molecular weight excluding hydrogens is 357 g/mol. The molecule has 0 radical (unpaired) electrons. The van der Waals surface area contributed by atoms with Crippen LogP contribution in [0.2, 0.25) is 10.0 Å². The standard InChI is InChI=1S/C14H9Cl2N5O3/c15-8-4-18-21(14(24)13(8)16)6-12(23)19-7-1-2-9-10(3-7)17-5-11(22)20-9/h1-5H,6H2,(H,19,23)(H,20,22). The largest absolute Gasteiger partial charge is 0.324 e. The van der Waals surface area contributed by atoms with E-state index in [-0.39, 0.29) is 22.1 Å². The van der Waals surface area contributed by atoms with Crippen molar-refractivity contribution in [3.63, 3.8) is 0 Å². The number of carbonyl (C=O) groups excluding carboxylic acids is 1. The van der Waals surface area contributed by atoms with Crippen LogP contribution in [0.1, 0.15) is 0 Å². The van der Waals surface area contributed by atoms with E-state index in [0.29, 0.717) is 16.7 Å². The molecule has 3 aromatic rings. The molecule has 3 rings (SSSR count). The molecule has 0 aliphatic heterocycles. The number of fused-ring (bicyclic) bond motifs is 1. The fourth-order valence-corrected chi connectivity index (χ4v) is 2.28. The number of H-pyrrole nitrogens is 1. The molecule has 122 valence electrons. The lowest BCUT2D eigenvalue weighted by atomic mass is 10.2. The molecule has 2 N–H and O–H groups in total. The van der Waals surface area contributed by atoms with Gasteiger partial charge in [-0.1, -0.05) is 23.2 Å². The van der Waals surface area contributed by atoms with Crippen molar-refractivity contribution in [3.8, 4) is 0 Å². The molecule has 0 fully saturated rings. The van der Waals surface area contributed by atoms with Crippen LogP contribution in [-0.4, -0.2) is 25.7 Å². The number of anilines is 1. The minimum Gasteiger partial charge on any atom is -0.324 e. The smallest absolute Gasteiger partial charge is 0.287 e. The van der Waals surface area contributed by atoms with Gasteiger partial charge in [-0.25, -0.2) is 9.67 Å². The summed E-state index contributed by atoms with van der Waals surface area (Å²) in [6.45, 7) is -0.327. The van der Waals surface area contributed by atoms with Gasteiger partial charge in [0.05, 0.1) is 28.4 Å². The second-order valence-corrected chi connectivity index (χ2v) is 5.58. The fourth-order valence-electron chi connectivity index (χ4n) is 2.01. The molecule has 24 heavy (non-hydrogen) atoms. The highest BCUT2D eigenvalue weighted by atomic mass is 35.5. The fraction of sp³-hybridized carbons (Fsp3) is 0.0714. The lowest BCUT2D eigenvalue weighted by Gasteiger charge is -2.08. The number of aromatic nitrogens is 4. The van der Waals surface area contributed by atoms with Crippen molar-refractivity contribution in [1.29, 1.82) is 0 Å². The molecule has 2 heterocycles. The molecule has 0 aliphatic rings. The number of nitrogens with one attached hydrogen (secondary N) is 2. The first-order valence-corrected chi connectivity index (χ1v) is 7.40. The number of hydrogen-bond donors (Lipinski definition) is 2. The van der Waals surface area contributed by atoms with Crippen LogP contribution in [0.15, 0.2) is 40.2 Å². The first-order valence-electron chi connectivity index (χ1n) is 6.64. The highest BCUT2D eigenvalue weighted by Crippen LogP contribution is 2.15. The molecule has 1 aromatic carbocycles. The van der Waals surface area contributed by atoms with Crippen molar-refractivity contribution in [1.82, 2.24) is 19.7 Å². The van der Waals surface area contributed by atoms with E-state index in [9.17, 15) is 14.4 Å². The molecule has 0 unspecified atom stereocenters. The van der Waals surface area contributed by atoms with E-state index in [1.54, 1.807) is 18.2 Å². The summed E-state index contributed by atoms with van der Waals surface area (Å²) in [5.74, 6) is -0.480. The Balaban J connectivity index is 1.80. The third-order valence-corrected chi connectivity index (χ3v) is 3.84. The number of amides is 1. The van der Waals surface area contributed by atoms with Crippen molar-refractivity contribution < 1.29 is 4.79 Å². The van der Waals surface area contributed by atoms with Gasteiger partial charge in [-0.3, -0.25) is 14.4 Å². The van der Waals surface area contributed by atoms with E-state index >= 15 is 0 Å². The molecule has 0 atom stereocenters. The molecule has 2 aromatic heterocycles. The van der Waals surface area contributed by atoms with Gasteiger partial charge >= 0.3 is 0 Å². The predicted octanol–water partition coefficient (Wildman–Crippen LogP) is 1.43. The maximum atomic E-state index is 12.1. The zero-order valence-corrected chi connectivity index (χ0v) is 13.4. The average molecular weight is 366 g/mol. The Morgan fingerprint density at radius 1 is 1.25 bits per heavy atom. The van der Waals surface area contributed by atoms with Crippen LogP contribution in [0.5, 0.6) is 0 Å². The number of carbonyl (C=O) groups is 1. The summed E-state index contributed by atoms with van der Waals surface area (Å²) in [6, 6.07) is 4.81. The molecule has 8 nitrogen and oxygen atoms in total. The minimum atomic E-state index is -0.655. The average Bonchev–Trinajstić information content (AvgIpc) is 2.55. The SMILES string of the molecule is O=C(Cn1ncc(Cl)c(Cl)c1=O)Nc1ccc2[nH]c(=O)cnc2c1. The molecule has 0 saturated carbocycles. The van der Waals surface area contributed by atoms with Gasteiger partial charge in [0, 0.05) is 5.69 Å². The first kappa shape index (κ1) is 16.2. The number of aromatic amines is 1. The van der Waals surface area contributed by atoms with Gasteiger partial charge in [0.2, 0.25) is 5.91 Å². The van der Waals surface area contributed by atoms with Gasteiger partial charge in [0.25, 0.3) is 11.1 Å². The van der Waals surface area contributed by atoms with E-state index in [2.05, 4.69) is 20.4 Å². The Labute approximate surface area is 144 Å². The van der Waals surface area contributed by atoms with Crippen LogP contribution < -0.4 is 16.4 Å². The number of hydrogen-bond acceptors (Lipinski definition) is 5. The summed E-state index contributed by atoms with van der Waals surface area (Å²) in [7, 11) is 0. The van der Waals surface area contributed by atoms with Crippen LogP contribution in [0.3, 0.4) is 0 Å². The van der Waals surface area contributed by atoms with E-state index in [0.717, 1.165) is 10.9 Å². The van der Waals surface area contributed by atoms with Crippen LogP contribution in [0.4, 0.5) is 5.69 Å². The van der Waals surface area contributed by atoms with Crippen LogP contribution in [0.25, 0.3) is 11.0 Å². The first-order chi connectivity index (χ1) is 11.4. The molecule has 0 aliphatic carbocycles. The van der Waals surface area contributed by atoms with Crippen molar-refractivity contribution >= 4 is 45.8 Å². The second kappa shape index (κ2) is 6.42. The van der Waals surface area contributed by atoms with Crippen LogP contribution >= 0.6 is 23.2 Å². The number of halogens is 2. The Morgan fingerprint density at radius 2 is 2.04 bits per heavy atom. The molecule has 10 heteroatoms. The summed E-state index contributed by atoms with van der Waals surface area (Å²) >= 11 is 11.4. The maximum Gasteiger partial charge on any atom is 0.287 e. The third-order valence-electron chi connectivity index (χ3n) is 3.10. The molecule has 1 amide bonds. The quantitative estimate of drug-likeness (QED) is 0.729. The van der Waals surface area contributed by atoms with Gasteiger partial charge in [0.1, 0.15) is 11.6 Å². The summed E-state index contributed by atoms with van der Waals surface area (Å²) in [5.41, 5.74) is 0.543. The Bertz CT molecular complexity index is 1060. The monoisotopic (exact) mass is 365 g/mol. The van der Waals surface area contributed by atoms with Gasteiger partial charge in [-0.2, -0.15) is 5.10 Å². The van der Waals surface area contributed by atoms with Crippen molar-refractivity contribution in [2.75, 3.05) is 5.32 Å². The van der Waals surface area contributed by atoms with E-state index in [1.165, 1.54) is 6.20 Å². The second-order valence-electron chi connectivity index (χ2n) is 4.80. The summed E-state index contributed by atoms with van der Waals surface area (Å²) < 4.78 is 0.903. The van der Waals surface area contributed by atoms with Crippen molar-refractivity contribution in [2.24, 2.45) is 0 Å². The summed E-state index contributed by atoms with van der Waals surface area (Å²) in [4.78, 5) is 41.7. The highest BCUT2D eigenvalue weighted by Gasteiger charge is 2.11. The van der Waals surface area contributed by atoms with Crippen molar-refractivity contribution in [2.45, 2.75) is 6.54 Å². The van der Waals surface area contributed by atoms with Gasteiger partial charge in [-0.15, -0.1) is 0 Å². The maximum absolute atomic E-state index is 12.1. The molecular formula is C14H9Cl2N5O3. The van der Waals surface area contributed by atoms with Gasteiger partial charge in [0.15, 0.2) is 0 Å². The Kier molecular flexibility index (Phi) is 4.32. The van der Waals surface area contributed by atoms with E-state index in [4.69, 9.17) is 23.2 Å². The Hall–Kier alpha value is -2.71. The van der Waals surface area contributed by atoms with Crippen molar-refractivity contribution in [3.05, 3.63) is 61.3 Å². The zero-order chi connectivity index (χ0) is 17.3. The number of benzene rings is 1.